The van der Waals surface area contributed by atoms with Gasteiger partial charge in [0.15, 0.2) is 0 Å². The molecule has 6 nitrogen and oxygen atoms in total. The number of carboxylic acids is 1. The van der Waals surface area contributed by atoms with Gasteiger partial charge in [0, 0.05) is 42.1 Å². The summed E-state index contributed by atoms with van der Waals surface area (Å²) in [4.78, 5) is 14.0. The van der Waals surface area contributed by atoms with Crippen molar-refractivity contribution in [1.82, 2.24) is 14.7 Å². The number of hydrogen-bond donors (Lipinski definition) is 2. The normalized spacial score (nSPS) is 20.4. The number of aliphatic hydroxyl groups is 1. The molecule has 1 saturated heterocycles. The van der Waals surface area contributed by atoms with Crippen LogP contribution in [0.4, 0.5) is 13.2 Å². The number of carboxylic acid groups (broad SMARTS) is 1. The van der Waals surface area contributed by atoms with Crippen LogP contribution in [0.3, 0.4) is 0 Å². The highest BCUT2D eigenvalue weighted by Crippen LogP contribution is 2.26. The molecule has 1 fully saturated rings. The van der Waals surface area contributed by atoms with Gasteiger partial charge in [-0.2, -0.15) is 18.3 Å². The van der Waals surface area contributed by atoms with Crippen LogP contribution >= 0.6 is 11.3 Å². The van der Waals surface area contributed by atoms with Crippen LogP contribution in [0.25, 0.3) is 0 Å². The fourth-order valence-electron chi connectivity index (χ4n) is 2.95. The average Bonchev–Trinajstić information content (AvgIpc) is 3.25. The molecule has 0 unspecified atom stereocenters. The molecule has 1 aliphatic rings. The fourth-order valence-corrected chi connectivity index (χ4v) is 3.87. The lowest BCUT2D eigenvalue weighted by Gasteiger charge is -2.25. The zero-order chi connectivity index (χ0) is 20.2. The predicted molar refractivity (Wildman–Crippen MR) is 94.5 cm³/mol. The van der Waals surface area contributed by atoms with Crippen molar-refractivity contribution in [2.45, 2.75) is 44.6 Å². The Morgan fingerprint density at radius 1 is 1.41 bits per heavy atom. The molecule has 0 saturated carbocycles. The Morgan fingerprint density at radius 2 is 2.07 bits per heavy atom. The molecule has 150 valence electrons. The van der Waals surface area contributed by atoms with Gasteiger partial charge in [0.25, 0.3) is 0 Å². The summed E-state index contributed by atoms with van der Waals surface area (Å²) in [6.07, 6.45) is 0.377. The van der Waals surface area contributed by atoms with Crippen LogP contribution in [0.1, 0.15) is 21.7 Å². The Balaban J connectivity index is 0.000000321. The third kappa shape index (κ3) is 6.33. The smallest absolute Gasteiger partial charge is 0.475 e. The maximum absolute atomic E-state index is 10.6. The summed E-state index contributed by atoms with van der Waals surface area (Å²) in [6, 6.07) is 4.58. The predicted octanol–water partition coefficient (Wildman–Crippen LogP) is 2.60. The van der Waals surface area contributed by atoms with Crippen molar-refractivity contribution >= 4 is 17.3 Å². The summed E-state index contributed by atoms with van der Waals surface area (Å²) in [5, 5.41) is 21.6. The summed E-state index contributed by atoms with van der Waals surface area (Å²) in [5.74, 6) is -2.76. The van der Waals surface area contributed by atoms with Crippen LogP contribution in [-0.4, -0.2) is 55.7 Å². The highest BCUT2D eigenvalue weighted by Gasteiger charge is 2.38. The summed E-state index contributed by atoms with van der Waals surface area (Å²) >= 11 is 1.85. The third-order valence-corrected chi connectivity index (χ3v) is 5.21. The van der Waals surface area contributed by atoms with Crippen LogP contribution in [0.5, 0.6) is 0 Å². The molecule has 27 heavy (non-hydrogen) atoms. The summed E-state index contributed by atoms with van der Waals surface area (Å²) < 4.78 is 33.6. The minimum atomic E-state index is -5.08. The molecular formula is C17H22F3N3O3S. The number of aryl methyl sites for hydroxylation is 2. The SMILES string of the molecule is Cc1ccc(CN2CC[C@@H](O)[C@@H]2Cc2cnn(C)c2)s1.O=C(O)C(F)(F)F. The van der Waals surface area contributed by atoms with Crippen molar-refractivity contribution in [2.24, 2.45) is 7.05 Å². The first-order chi connectivity index (χ1) is 12.6. The number of carbonyl (C=O) groups is 1. The molecular weight excluding hydrogens is 383 g/mol. The van der Waals surface area contributed by atoms with Crippen LogP contribution in [0.2, 0.25) is 0 Å². The summed E-state index contributed by atoms with van der Waals surface area (Å²) in [7, 11) is 1.93. The minimum Gasteiger partial charge on any atom is -0.475 e. The van der Waals surface area contributed by atoms with Gasteiger partial charge in [-0.25, -0.2) is 4.79 Å². The molecule has 0 spiro atoms. The lowest BCUT2D eigenvalue weighted by molar-refractivity contribution is -0.192. The fraction of sp³-hybridized carbons (Fsp3) is 0.529. The Morgan fingerprint density at radius 3 is 2.56 bits per heavy atom. The Kier molecular flexibility index (Phi) is 7.01. The van der Waals surface area contributed by atoms with Gasteiger partial charge in [-0.05, 0) is 37.5 Å². The van der Waals surface area contributed by atoms with Gasteiger partial charge in [-0.1, -0.05) is 0 Å². The van der Waals surface area contributed by atoms with Gasteiger partial charge in [0.2, 0.25) is 0 Å². The number of alkyl halides is 3. The molecule has 1 aliphatic heterocycles. The molecule has 0 aliphatic carbocycles. The molecule has 2 aromatic rings. The first kappa shape index (κ1) is 21.4. The lowest BCUT2D eigenvalue weighted by Crippen LogP contribution is -2.36. The standard InChI is InChI=1S/C15H21N3OS.C2HF3O2/c1-11-3-4-13(20-11)10-18-6-5-15(19)14(18)7-12-8-16-17(2)9-12;3-2(4,5)1(6)7/h3-4,8-9,14-15,19H,5-7,10H2,1-2H3;(H,6,7)/t14-,15+;/m0./s1. The van der Waals surface area contributed by atoms with Crippen molar-refractivity contribution < 1.29 is 28.2 Å². The Bertz CT molecular complexity index is 760. The third-order valence-electron chi connectivity index (χ3n) is 4.23. The highest BCUT2D eigenvalue weighted by atomic mass is 32.1. The molecule has 10 heteroatoms. The molecule has 3 heterocycles. The summed E-state index contributed by atoms with van der Waals surface area (Å²) in [5.41, 5.74) is 1.20. The second-order valence-corrected chi connectivity index (χ2v) is 7.81. The van der Waals surface area contributed by atoms with E-state index in [0.29, 0.717) is 0 Å². The molecule has 2 N–H and O–H groups in total. The van der Waals surface area contributed by atoms with E-state index in [1.807, 2.05) is 35.5 Å². The van der Waals surface area contributed by atoms with E-state index in [-0.39, 0.29) is 12.1 Å². The molecule has 2 atom stereocenters. The van der Waals surface area contributed by atoms with Crippen LogP contribution in [0, 0.1) is 6.92 Å². The number of aliphatic hydroxyl groups excluding tert-OH is 1. The number of aromatic nitrogens is 2. The van der Waals surface area contributed by atoms with Crippen molar-refractivity contribution in [2.75, 3.05) is 6.54 Å². The maximum atomic E-state index is 10.6. The molecule has 3 rings (SSSR count). The largest absolute Gasteiger partial charge is 0.490 e. The van der Waals surface area contributed by atoms with E-state index in [1.165, 1.54) is 15.3 Å². The molecule has 0 amide bonds. The van der Waals surface area contributed by atoms with Gasteiger partial charge >= 0.3 is 12.1 Å². The van der Waals surface area contributed by atoms with Crippen molar-refractivity contribution in [1.29, 1.82) is 0 Å². The monoisotopic (exact) mass is 405 g/mol. The maximum Gasteiger partial charge on any atom is 0.490 e. The zero-order valence-electron chi connectivity index (χ0n) is 15.0. The minimum absolute atomic E-state index is 0.210. The second-order valence-electron chi connectivity index (χ2n) is 6.44. The Labute approximate surface area is 158 Å². The number of likely N-dealkylation sites (tertiary alicyclic amines) is 1. The highest BCUT2D eigenvalue weighted by molar-refractivity contribution is 7.11. The van der Waals surface area contributed by atoms with E-state index in [2.05, 4.69) is 29.1 Å². The van der Waals surface area contributed by atoms with Gasteiger partial charge in [0.1, 0.15) is 0 Å². The van der Waals surface area contributed by atoms with Crippen molar-refractivity contribution in [3.05, 3.63) is 39.8 Å². The molecule has 0 radical (unpaired) electrons. The van der Waals surface area contributed by atoms with E-state index in [0.717, 1.165) is 25.9 Å². The van der Waals surface area contributed by atoms with E-state index in [4.69, 9.17) is 9.90 Å². The van der Waals surface area contributed by atoms with E-state index in [9.17, 15) is 18.3 Å². The first-order valence-electron chi connectivity index (χ1n) is 8.31. The number of rotatable bonds is 4. The second kappa shape index (κ2) is 8.85. The van der Waals surface area contributed by atoms with Crippen molar-refractivity contribution in [3.63, 3.8) is 0 Å². The average molecular weight is 405 g/mol. The number of thiophene rings is 1. The summed E-state index contributed by atoms with van der Waals surface area (Å²) in [6.45, 7) is 4.06. The van der Waals surface area contributed by atoms with Gasteiger partial charge < -0.3 is 10.2 Å². The van der Waals surface area contributed by atoms with Gasteiger partial charge in [-0.3, -0.25) is 9.58 Å². The molecule has 2 aromatic heterocycles. The topological polar surface area (TPSA) is 78.6 Å². The van der Waals surface area contributed by atoms with E-state index < -0.39 is 12.1 Å². The van der Waals surface area contributed by atoms with Crippen LogP contribution in [-0.2, 0) is 24.8 Å². The molecule has 0 bridgehead atoms. The number of aliphatic carboxylic acids is 1. The van der Waals surface area contributed by atoms with Gasteiger partial charge in [0.05, 0.1) is 12.3 Å². The lowest BCUT2D eigenvalue weighted by atomic mass is 10.0. The Hall–Kier alpha value is -1.91. The zero-order valence-corrected chi connectivity index (χ0v) is 15.8. The first-order valence-corrected chi connectivity index (χ1v) is 9.13. The number of hydrogen-bond acceptors (Lipinski definition) is 5. The van der Waals surface area contributed by atoms with Crippen LogP contribution < -0.4 is 0 Å². The molecule has 0 aromatic carbocycles. The number of nitrogens with zero attached hydrogens (tertiary/aromatic N) is 3. The van der Waals surface area contributed by atoms with E-state index >= 15 is 0 Å². The quantitative estimate of drug-likeness (QED) is 0.818. The van der Waals surface area contributed by atoms with Gasteiger partial charge in [-0.15, -0.1) is 11.3 Å². The van der Waals surface area contributed by atoms with Crippen molar-refractivity contribution in [3.8, 4) is 0 Å². The number of halogens is 3. The van der Waals surface area contributed by atoms with E-state index in [1.54, 1.807) is 0 Å². The van der Waals surface area contributed by atoms with Crippen LogP contribution in [0.15, 0.2) is 24.5 Å².